The van der Waals surface area contributed by atoms with Crippen molar-refractivity contribution in [3.05, 3.63) is 70.7 Å². The summed E-state index contributed by atoms with van der Waals surface area (Å²) in [6.07, 6.45) is 0.248. The van der Waals surface area contributed by atoms with Crippen molar-refractivity contribution in [1.82, 2.24) is 14.7 Å². The molecular formula is C24H26ClN3O3. The molecule has 6 nitrogen and oxygen atoms in total. The highest BCUT2D eigenvalue weighted by Crippen LogP contribution is 2.29. The molecule has 0 aliphatic carbocycles. The molecule has 0 N–H and O–H groups in total. The molecule has 2 atom stereocenters. The quantitative estimate of drug-likeness (QED) is 0.734. The van der Waals surface area contributed by atoms with Gasteiger partial charge >= 0.3 is 0 Å². The lowest BCUT2D eigenvalue weighted by Gasteiger charge is -2.36. The van der Waals surface area contributed by atoms with E-state index in [1.165, 1.54) is 0 Å². The van der Waals surface area contributed by atoms with Crippen molar-refractivity contribution in [2.45, 2.75) is 19.4 Å². The Labute approximate surface area is 187 Å². The van der Waals surface area contributed by atoms with Crippen LogP contribution < -0.4 is 0 Å². The van der Waals surface area contributed by atoms with Gasteiger partial charge in [-0.15, -0.1) is 0 Å². The molecule has 2 saturated heterocycles. The molecule has 2 aliphatic rings. The summed E-state index contributed by atoms with van der Waals surface area (Å²) in [6, 6.07) is 16.7. The first kappa shape index (κ1) is 21.4. The lowest BCUT2D eigenvalue weighted by molar-refractivity contribution is -0.137. The molecule has 2 fully saturated rings. The minimum atomic E-state index is -0.325. The minimum absolute atomic E-state index is 0.00552. The Kier molecular flexibility index (Phi) is 6.28. The second-order valence-electron chi connectivity index (χ2n) is 8.16. The van der Waals surface area contributed by atoms with Crippen LogP contribution in [0.5, 0.6) is 0 Å². The van der Waals surface area contributed by atoms with Gasteiger partial charge in [0, 0.05) is 49.7 Å². The molecule has 31 heavy (non-hydrogen) atoms. The first-order valence-corrected chi connectivity index (χ1v) is 11.0. The molecule has 0 spiro atoms. The summed E-state index contributed by atoms with van der Waals surface area (Å²) in [4.78, 5) is 43.7. The summed E-state index contributed by atoms with van der Waals surface area (Å²) in [5, 5.41) is 0.528. The molecule has 0 aromatic heterocycles. The number of likely N-dealkylation sites (tertiary alicyclic amines) is 1. The second-order valence-corrected chi connectivity index (χ2v) is 8.60. The molecule has 2 heterocycles. The number of benzene rings is 2. The highest BCUT2D eigenvalue weighted by Gasteiger charge is 2.39. The normalized spacial score (nSPS) is 20.1. The SMILES string of the molecule is CC(c1ccccc1)N1CC(C(=O)N2CCN(C(=O)c3cccc(Cl)c3)CC2)CC1=O. The number of halogens is 1. The number of hydrogen-bond donors (Lipinski definition) is 0. The molecule has 2 aliphatic heterocycles. The predicted octanol–water partition coefficient (Wildman–Crippen LogP) is 3.23. The fraction of sp³-hybridized carbons (Fsp3) is 0.375. The summed E-state index contributed by atoms with van der Waals surface area (Å²) < 4.78 is 0. The van der Waals surface area contributed by atoms with Gasteiger partial charge in [0.15, 0.2) is 0 Å². The molecule has 2 aromatic carbocycles. The zero-order valence-electron chi connectivity index (χ0n) is 17.5. The average Bonchev–Trinajstić information content (AvgIpc) is 3.20. The van der Waals surface area contributed by atoms with E-state index >= 15 is 0 Å². The fourth-order valence-corrected chi connectivity index (χ4v) is 4.57. The van der Waals surface area contributed by atoms with Crippen molar-refractivity contribution in [1.29, 1.82) is 0 Å². The summed E-state index contributed by atoms with van der Waals surface area (Å²) in [6.45, 7) is 4.34. The van der Waals surface area contributed by atoms with Gasteiger partial charge < -0.3 is 14.7 Å². The van der Waals surface area contributed by atoms with E-state index in [1.807, 2.05) is 37.3 Å². The van der Waals surface area contributed by atoms with Crippen LogP contribution in [0.15, 0.2) is 54.6 Å². The Morgan fingerprint density at radius 1 is 0.968 bits per heavy atom. The topological polar surface area (TPSA) is 60.9 Å². The van der Waals surface area contributed by atoms with E-state index in [-0.39, 0.29) is 36.1 Å². The molecule has 3 amide bonds. The van der Waals surface area contributed by atoms with Crippen molar-refractivity contribution < 1.29 is 14.4 Å². The number of hydrogen-bond acceptors (Lipinski definition) is 3. The van der Waals surface area contributed by atoms with E-state index in [4.69, 9.17) is 11.6 Å². The molecular weight excluding hydrogens is 414 g/mol. The Hall–Kier alpha value is -2.86. The van der Waals surface area contributed by atoms with Gasteiger partial charge in [-0.05, 0) is 30.7 Å². The summed E-state index contributed by atoms with van der Waals surface area (Å²) in [5.41, 5.74) is 1.62. The van der Waals surface area contributed by atoms with E-state index < -0.39 is 0 Å². The van der Waals surface area contributed by atoms with E-state index in [0.717, 1.165) is 5.56 Å². The van der Waals surface area contributed by atoms with Gasteiger partial charge in [0.1, 0.15) is 0 Å². The maximum Gasteiger partial charge on any atom is 0.254 e. The Morgan fingerprint density at radius 2 is 1.65 bits per heavy atom. The Balaban J connectivity index is 1.34. The van der Waals surface area contributed by atoms with Gasteiger partial charge in [-0.2, -0.15) is 0 Å². The third kappa shape index (κ3) is 4.59. The molecule has 7 heteroatoms. The standard InChI is InChI=1S/C24H26ClN3O3/c1-17(18-6-3-2-4-7-18)28-16-20(15-22(28)29)24(31)27-12-10-26(11-13-27)23(30)19-8-5-9-21(25)14-19/h2-9,14,17,20H,10-13,15-16H2,1H3. The largest absolute Gasteiger partial charge is 0.339 e. The van der Waals surface area contributed by atoms with Crippen molar-refractivity contribution >= 4 is 29.3 Å². The summed E-state index contributed by atoms with van der Waals surface area (Å²) in [5.74, 6) is -0.377. The van der Waals surface area contributed by atoms with Gasteiger partial charge in [-0.1, -0.05) is 48.0 Å². The van der Waals surface area contributed by atoms with Gasteiger partial charge in [0.25, 0.3) is 5.91 Å². The van der Waals surface area contributed by atoms with E-state index in [9.17, 15) is 14.4 Å². The first-order valence-electron chi connectivity index (χ1n) is 10.6. The smallest absolute Gasteiger partial charge is 0.254 e. The van der Waals surface area contributed by atoms with Gasteiger partial charge in [-0.25, -0.2) is 0 Å². The molecule has 2 unspecified atom stereocenters. The van der Waals surface area contributed by atoms with E-state index in [2.05, 4.69) is 0 Å². The maximum atomic E-state index is 13.1. The van der Waals surface area contributed by atoms with E-state index in [1.54, 1.807) is 39.0 Å². The van der Waals surface area contributed by atoms with E-state index in [0.29, 0.717) is 43.3 Å². The Bertz CT molecular complexity index is 973. The van der Waals surface area contributed by atoms with Crippen molar-refractivity contribution in [3.63, 3.8) is 0 Å². The molecule has 0 saturated carbocycles. The number of carbonyl (C=O) groups excluding carboxylic acids is 3. The Morgan fingerprint density at radius 3 is 2.32 bits per heavy atom. The minimum Gasteiger partial charge on any atom is -0.339 e. The number of carbonyl (C=O) groups is 3. The molecule has 0 bridgehead atoms. The van der Waals surface area contributed by atoms with Crippen LogP contribution in [0.4, 0.5) is 0 Å². The predicted molar refractivity (Wildman–Crippen MR) is 119 cm³/mol. The maximum absolute atomic E-state index is 13.1. The first-order chi connectivity index (χ1) is 14.9. The zero-order chi connectivity index (χ0) is 22.0. The second kappa shape index (κ2) is 9.10. The molecule has 0 radical (unpaired) electrons. The number of rotatable bonds is 4. The highest BCUT2D eigenvalue weighted by atomic mass is 35.5. The van der Waals surface area contributed by atoms with Crippen LogP contribution in [-0.2, 0) is 9.59 Å². The molecule has 162 valence electrons. The van der Waals surface area contributed by atoms with Crippen LogP contribution >= 0.6 is 11.6 Å². The average molecular weight is 440 g/mol. The van der Waals surface area contributed by atoms with Crippen LogP contribution in [0.1, 0.15) is 35.3 Å². The zero-order valence-corrected chi connectivity index (χ0v) is 18.3. The van der Waals surface area contributed by atoms with Gasteiger partial charge in [0.05, 0.1) is 12.0 Å². The van der Waals surface area contributed by atoms with Crippen LogP contribution in [0, 0.1) is 5.92 Å². The van der Waals surface area contributed by atoms with Crippen molar-refractivity contribution in [2.75, 3.05) is 32.7 Å². The van der Waals surface area contributed by atoms with Crippen molar-refractivity contribution in [3.8, 4) is 0 Å². The van der Waals surface area contributed by atoms with Crippen LogP contribution in [0.3, 0.4) is 0 Å². The third-order valence-electron chi connectivity index (χ3n) is 6.21. The number of piperazine rings is 1. The lowest BCUT2D eigenvalue weighted by atomic mass is 10.1. The summed E-state index contributed by atoms with van der Waals surface area (Å²) in [7, 11) is 0. The van der Waals surface area contributed by atoms with Crippen LogP contribution in [0.25, 0.3) is 0 Å². The van der Waals surface area contributed by atoms with Gasteiger partial charge in [0.2, 0.25) is 11.8 Å². The summed E-state index contributed by atoms with van der Waals surface area (Å²) >= 11 is 5.99. The fourth-order valence-electron chi connectivity index (χ4n) is 4.38. The van der Waals surface area contributed by atoms with Crippen LogP contribution in [-0.4, -0.2) is 65.1 Å². The number of amides is 3. The van der Waals surface area contributed by atoms with Crippen molar-refractivity contribution in [2.24, 2.45) is 5.92 Å². The van der Waals surface area contributed by atoms with Crippen LogP contribution in [0.2, 0.25) is 5.02 Å². The van der Waals surface area contributed by atoms with Gasteiger partial charge in [-0.3, -0.25) is 14.4 Å². The number of nitrogens with zero attached hydrogens (tertiary/aromatic N) is 3. The lowest BCUT2D eigenvalue weighted by Crippen LogP contribution is -2.52. The highest BCUT2D eigenvalue weighted by molar-refractivity contribution is 6.30. The molecule has 4 rings (SSSR count). The monoisotopic (exact) mass is 439 g/mol. The third-order valence-corrected chi connectivity index (χ3v) is 6.44. The molecule has 2 aromatic rings.